The number of hydrogen-bond donors (Lipinski definition) is 0. The molecule has 0 unspecified atom stereocenters. The maximum absolute atomic E-state index is 5.77. The largest absolute Gasteiger partial charge is 0.243 e. The first-order valence-electron chi connectivity index (χ1n) is 22.1. The van der Waals surface area contributed by atoms with Crippen LogP contribution in [0.5, 0.6) is 0 Å². The molecule has 0 saturated carbocycles. The quantitative estimate of drug-likeness (QED) is 0.168. The minimum atomic E-state index is -0.552. The molecule has 0 fully saturated rings. The molecular formula is C61H38N4. The van der Waals surface area contributed by atoms with E-state index in [0.717, 1.165) is 72.2 Å². The van der Waals surface area contributed by atoms with Crippen molar-refractivity contribution in [1.82, 2.24) is 19.9 Å². The minimum Gasteiger partial charge on any atom is -0.243 e. The lowest BCUT2D eigenvalue weighted by atomic mass is 9.69. The Bertz CT molecular complexity index is 3550. The van der Waals surface area contributed by atoms with Gasteiger partial charge < -0.3 is 0 Å². The van der Waals surface area contributed by atoms with Crippen LogP contribution < -0.4 is 0 Å². The molecule has 65 heavy (non-hydrogen) atoms. The molecule has 9 aromatic carbocycles. The Morgan fingerprint density at radius 2 is 0.646 bits per heavy atom. The highest BCUT2D eigenvalue weighted by Crippen LogP contribution is 2.64. The van der Waals surface area contributed by atoms with Gasteiger partial charge in [0.05, 0.1) is 11.1 Å². The number of aromatic nitrogens is 4. The van der Waals surface area contributed by atoms with Crippen molar-refractivity contribution in [2.75, 3.05) is 0 Å². The summed E-state index contributed by atoms with van der Waals surface area (Å²) in [7, 11) is 0. The van der Waals surface area contributed by atoms with Crippen molar-refractivity contribution in [1.29, 1.82) is 0 Å². The van der Waals surface area contributed by atoms with Gasteiger partial charge in [0.1, 0.15) is 5.69 Å². The van der Waals surface area contributed by atoms with Crippen LogP contribution in [0.25, 0.3) is 101 Å². The van der Waals surface area contributed by atoms with E-state index in [0.29, 0.717) is 17.5 Å². The highest BCUT2D eigenvalue weighted by atomic mass is 15.0. The highest BCUT2D eigenvalue weighted by Gasteiger charge is 2.53. The van der Waals surface area contributed by atoms with Gasteiger partial charge in [0.25, 0.3) is 0 Å². The van der Waals surface area contributed by atoms with Gasteiger partial charge in [0, 0.05) is 27.6 Å². The Labute approximate surface area is 377 Å². The molecule has 13 rings (SSSR count). The van der Waals surface area contributed by atoms with Crippen molar-refractivity contribution in [3.8, 4) is 90.1 Å². The molecule has 4 heteroatoms. The number of nitrogens with zero attached hydrogens (tertiary/aromatic N) is 4. The fraction of sp³-hybridized carbons (Fsp3) is 0.0164. The maximum atomic E-state index is 5.77. The van der Waals surface area contributed by atoms with Gasteiger partial charge in [0.2, 0.25) is 0 Å². The lowest BCUT2D eigenvalue weighted by Gasteiger charge is -2.31. The summed E-state index contributed by atoms with van der Waals surface area (Å²) in [5, 5.41) is 2.12. The van der Waals surface area contributed by atoms with E-state index in [2.05, 4.69) is 224 Å². The predicted octanol–water partition coefficient (Wildman–Crippen LogP) is 14.8. The van der Waals surface area contributed by atoms with Crippen LogP contribution in [0.15, 0.2) is 231 Å². The molecule has 0 N–H and O–H groups in total. The van der Waals surface area contributed by atoms with Crippen LogP contribution in [0, 0.1) is 0 Å². The number of benzene rings is 9. The van der Waals surface area contributed by atoms with E-state index in [1.807, 2.05) is 6.07 Å². The predicted molar refractivity (Wildman–Crippen MR) is 264 cm³/mol. The smallest absolute Gasteiger partial charge is 0.183 e. The fourth-order valence-electron chi connectivity index (χ4n) is 10.5. The van der Waals surface area contributed by atoms with Crippen molar-refractivity contribution in [2.45, 2.75) is 5.41 Å². The average molecular weight is 827 g/mol. The van der Waals surface area contributed by atoms with E-state index in [-0.39, 0.29) is 0 Å². The summed E-state index contributed by atoms with van der Waals surface area (Å²) in [4.78, 5) is 22.0. The average Bonchev–Trinajstić information content (AvgIpc) is 3.86. The van der Waals surface area contributed by atoms with E-state index in [1.165, 1.54) is 33.4 Å². The molecular weight excluding hydrogens is 789 g/mol. The highest BCUT2D eigenvalue weighted by molar-refractivity contribution is 6.06. The zero-order chi connectivity index (χ0) is 42.9. The van der Waals surface area contributed by atoms with E-state index in [9.17, 15) is 0 Å². The summed E-state index contributed by atoms with van der Waals surface area (Å²) in [5.41, 5.74) is 18.2. The second-order valence-corrected chi connectivity index (χ2v) is 16.9. The van der Waals surface area contributed by atoms with Gasteiger partial charge in [0.15, 0.2) is 17.5 Å². The molecule has 0 bridgehead atoms. The Hall–Kier alpha value is -8.60. The van der Waals surface area contributed by atoms with Crippen LogP contribution in [0.4, 0.5) is 0 Å². The molecule has 4 nitrogen and oxygen atoms in total. The molecule has 0 aliphatic heterocycles. The van der Waals surface area contributed by atoms with Gasteiger partial charge in [-0.2, -0.15) is 0 Å². The fourth-order valence-corrected chi connectivity index (χ4v) is 10.5. The molecule has 11 aromatic rings. The first kappa shape index (κ1) is 37.0. The molecule has 2 aromatic heterocycles. The van der Waals surface area contributed by atoms with Crippen molar-refractivity contribution in [3.05, 3.63) is 253 Å². The summed E-state index contributed by atoms with van der Waals surface area (Å²) in [5.74, 6) is 1.68. The first-order valence-corrected chi connectivity index (χ1v) is 22.1. The second-order valence-electron chi connectivity index (χ2n) is 16.9. The number of rotatable bonds is 6. The topological polar surface area (TPSA) is 51.6 Å². The Balaban J connectivity index is 1.10. The molecule has 0 saturated heterocycles. The molecule has 1 spiro atoms. The summed E-state index contributed by atoms with van der Waals surface area (Å²) >= 11 is 0. The van der Waals surface area contributed by atoms with Crippen LogP contribution in [0.1, 0.15) is 22.3 Å². The molecule has 0 amide bonds. The first-order chi connectivity index (χ1) is 32.2. The zero-order valence-electron chi connectivity index (χ0n) is 35.2. The van der Waals surface area contributed by atoms with E-state index in [4.69, 9.17) is 19.9 Å². The number of fused-ring (bicyclic) bond motifs is 12. The molecule has 0 atom stereocenters. The molecule has 2 heterocycles. The van der Waals surface area contributed by atoms with Crippen LogP contribution in [-0.2, 0) is 5.41 Å². The van der Waals surface area contributed by atoms with Crippen LogP contribution in [0.3, 0.4) is 0 Å². The third-order valence-corrected chi connectivity index (χ3v) is 13.3. The van der Waals surface area contributed by atoms with Gasteiger partial charge in [-0.25, -0.2) is 19.9 Å². The van der Waals surface area contributed by atoms with Crippen molar-refractivity contribution in [3.63, 3.8) is 0 Å². The molecule has 2 aliphatic carbocycles. The second kappa shape index (κ2) is 14.8. The van der Waals surface area contributed by atoms with Crippen LogP contribution in [0.2, 0.25) is 0 Å². The standard InChI is InChI=1S/C61H38N4/c1-4-19-39(20-5-1)42-25-18-26-43(35-42)58-63-59(46-37-44(40-21-6-2-7-22-40)36-45(38-46)41-23-8-3-9-24-41)65-60(64-58)57-50-30-11-10-29-49(50)55-56(62-57)51-31-14-17-34-54(51)61(55)52-32-15-12-27-47(52)48-28-13-16-33-53(48)61/h1-38H. The lowest BCUT2D eigenvalue weighted by molar-refractivity contribution is 0.799. The Morgan fingerprint density at radius 3 is 1.25 bits per heavy atom. The van der Waals surface area contributed by atoms with Crippen LogP contribution >= 0.6 is 0 Å². The van der Waals surface area contributed by atoms with E-state index < -0.39 is 5.41 Å². The van der Waals surface area contributed by atoms with Gasteiger partial charge in [-0.1, -0.05) is 206 Å². The molecule has 0 radical (unpaired) electrons. The normalized spacial score (nSPS) is 12.7. The molecule has 2 aliphatic rings. The van der Waals surface area contributed by atoms with Gasteiger partial charge in [-0.3, -0.25) is 0 Å². The summed E-state index contributed by atoms with van der Waals surface area (Å²) in [6, 6.07) is 82.0. The lowest BCUT2D eigenvalue weighted by Crippen LogP contribution is -2.26. The zero-order valence-corrected chi connectivity index (χ0v) is 35.2. The number of hydrogen-bond acceptors (Lipinski definition) is 4. The van der Waals surface area contributed by atoms with Gasteiger partial charge in [-0.05, 0) is 90.8 Å². The van der Waals surface area contributed by atoms with Gasteiger partial charge in [-0.15, -0.1) is 0 Å². The van der Waals surface area contributed by atoms with Crippen LogP contribution in [-0.4, -0.2) is 19.9 Å². The third-order valence-electron chi connectivity index (χ3n) is 13.3. The SMILES string of the molecule is c1ccc(-c2cccc(-c3nc(-c4cc(-c5ccccc5)cc(-c5ccccc5)c4)nc(-c4nc5c(c6ccccc46)C4(c6ccccc6-c6ccccc64)c4ccccc4-5)n3)c2)cc1. The molecule has 302 valence electrons. The summed E-state index contributed by atoms with van der Waals surface area (Å²) in [6.45, 7) is 0. The van der Waals surface area contributed by atoms with E-state index in [1.54, 1.807) is 0 Å². The summed E-state index contributed by atoms with van der Waals surface area (Å²) < 4.78 is 0. The van der Waals surface area contributed by atoms with Crippen molar-refractivity contribution in [2.24, 2.45) is 0 Å². The van der Waals surface area contributed by atoms with Gasteiger partial charge >= 0.3 is 0 Å². The number of pyridine rings is 1. The Morgan fingerprint density at radius 1 is 0.246 bits per heavy atom. The third kappa shape index (κ3) is 5.77. The van der Waals surface area contributed by atoms with Crippen molar-refractivity contribution >= 4 is 10.8 Å². The maximum Gasteiger partial charge on any atom is 0.183 e. The van der Waals surface area contributed by atoms with E-state index >= 15 is 0 Å². The summed E-state index contributed by atoms with van der Waals surface area (Å²) in [6.07, 6.45) is 0. The van der Waals surface area contributed by atoms with Crippen molar-refractivity contribution < 1.29 is 0 Å². The Kier molecular flexibility index (Phi) is 8.40. The monoisotopic (exact) mass is 826 g/mol. The minimum absolute atomic E-state index is 0.520.